The molecule has 2 N–H and O–H groups in total. The number of ether oxygens (including phenoxy) is 1. The zero-order valence-electron chi connectivity index (χ0n) is 11.0. The van der Waals surface area contributed by atoms with Gasteiger partial charge in [0.15, 0.2) is 0 Å². The highest BCUT2D eigenvalue weighted by molar-refractivity contribution is 7.89. The first kappa shape index (κ1) is 16.0. The van der Waals surface area contributed by atoms with Crippen LogP contribution in [0.4, 0.5) is 0 Å². The molecule has 106 valence electrons. The summed E-state index contributed by atoms with van der Waals surface area (Å²) in [4.78, 5) is 0.372. The average Bonchev–Trinajstić information content (AvgIpc) is 2.39. The third-order valence-electron chi connectivity index (χ3n) is 2.65. The van der Waals surface area contributed by atoms with E-state index in [1.807, 2.05) is 0 Å². The van der Waals surface area contributed by atoms with Crippen LogP contribution in [-0.2, 0) is 14.8 Å². The summed E-state index contributed by atoms with van der Waals surface area (Å²) in [7, 11) is -0.389. The maximum atomic E-state index is 12.3. The summed E-state index contributed by atoms with van der Waals surface area (Å²) in [6, 6.07) is 6.34. The van der Waals surface area contributed by atoms with E-state index in [2.05, 4.69) is 0 Å². The highest BCUT2D eigenvalue weighted by atomic mass is 32.2. The maximum Gasteiger partial charge on any atom is 0.242 e. The van der Waals surface area contributed by atoms with Gasteiger partial charge in [-0.25, -0.2) is 12.7 Å². The zero-order chi connectivity index (χ0) is 14.5. The van der Waals surface area contributed by atoms with Crippen molar-refractivity contribution >= 4 is 27.2 Å². The predicted octanol–water partition coefficient (Wildman–Crippen LogP) is 0.978. The number of nitrogens with two attached hydrogens (primary N) is 1. The molecule has 0 spiro atoms. The van der Waals surface area contributed by atoms with E-state index in [1.165, 1.54) is 16.4 Å². The van der Waals surface area contributed by atoms with Crippen LogP contribution >= 0.6 is 12.2 Å². The number of thiocarbonyl (C=S) groups is 1. The summed E-state index contributed by atoms with van der Waals surface area (Å²) in [5.41, 5.74) is 6.05. The van der Waals surface area contributed by atoms with Gasteiger partial charge in [-0.15, -0.1) is 0 Å². The summed E-state index contributed by atoms with van der Waals surface area (Å²) in [5, 5.41) is 0. The van der Waals surface area contributed by atoms with Crippen LogP contribution in [0.15, 0.2) is 29.2 Å². The second kappa shape index (κ2) is 6.95. The van der Waals surface area contributed by atoms with Crippen molar-refractivity contribution < 1.29 is 13.2 Å². The summed E-state index contributed by atoms with van der Waals surface area (Å²) < 4.78 is 30.8. The van der Waals surface area contributed by atoms with Gasteiger partial charge in [-0.2, -0.15) is 0 Å². The lowest BCUT2D eigenvalue weighted by Gasteiger charge is -2.17. The van der Waals surface area contributed by atoms with E-state index in [0.29, 0.717) is 25.1 Å². The second-order valence-electron chi connectivity index (χ2n) is 4.07. The molecule has 0 heterocycles. The molecular weight excluding hydrogens is 284 g/mol. The lowest BCUT2D eigenvalue weighted by molar-refractivity contribution is 0.189. The Morgan fingerprint density at radius 1 is 1.47 bits per heavy atom. The molecule has 0 saturated heterocycles. The molecule has 19 heavy (non-hydrogen) atoms. The Morgan fingerprint density at radius 2 is 2.16 bits per heavy atom. The lowest BCUT2D eigenvalue weighted by atomic mass is 10.2. The minimum absolute atomic E-state index is 0.180. The molecule has 0 unspecified atom stereocenters. The summed E-state index contributed by atoms with van der Waals surface area (Å²) in [6.45, 7) is 0.917. The summed E-state index contributed by atoms with van der Waals surface area (Å²) in [6.07, 6.45) is 0.640. The quantitative estimate of drug-likeness (QED) is 0.600. The highest BCUT2D eigenvalue weighted by Crippen LogP contribution is 2.16. The third-order valence-corrected chi connectivity index (χ3v) is 4.74. The summed E-state index contributed by atoms with van der Waals surface area (Å²) >= 11 is 4.85. The number of sulfonamides is 1. The van der Waals surface area contributed by atoms with Crippen LogP contribution < -0.4 is 5.73 Å². The maximum absolute atomic E-state index is 12.3. The van der Waals surface area contributed by atoms with Crippen molar-refractivity contribution in [2.24, 2.45) is 5.73 Å². The van der Waals surface area contributed by atoms with E-state index in [9.17, 15) is 8.42 Å². The predicted molar refractivity (Wildman–Crippen MR) is 78.6 cm³/mol. The fourth-order valence-corrected chi connectivity index (χ4v) is 2.92. The number of hydrogen-bond acceptors (Lipinski definition) is 4. The number of nitrogens with zero attached hydrogens (tertiary/aromatic N) is 1. The Balaban J connectivity index is 2.93. The van der Waals surface area contributed by atoms with Crippen LogP contribution in [0.25, 0.3) is 0 Å². The van der Waals surface area contributed by atoms with Crippen LogP contribution in [0.1, 0.15) is 12.0 Å². The molecule has 7 heteroatoms. The Labute approximate surface area is 119 Å². The second-order valence-corrected chi connectivity index (χ2v) is 6.55. The van der Waals surface area contributed by atoms with E-state index in [1.54, 1.807) is 26.3 Å². The van der Waals surface area contributed by atoms with E-state index in [4.69, 9.17) is 22.7 Å². The largest absolute Gasteiger partial charge is 0.389 e. The fourth-order valence-electron chi connectivity index (χ4n) is 1.54. The topological polar surface area (TPSA) is 72.6 Å². The first-order valence-corrected chi connectivity index (χ1v) is 7.59. The molecule has 0 aliphatic rings. The number of rotatable bonds is 7. The Hall–Kier alpha value is -1.02. The minimum atomic E-state index is -3.51. The smallest absolute Gasteiger partial charge is 0.242 e. The van der Waals surface area contributed by atoms with Crippen molar-refractivity contribution in [3.8, 4) is 0 Å². The average molecular weight is 302 g/mol. The Bertz CT molecular complexity index is 544. The van der Waals surface area contributed by atoms with E-state index in [-0.39, 0.29) is 9.88 Å². The zero-order valence-corrected chi connectivity index (χ0v) is 12.6. The molecule has 5 nitrogen and oxygen atoms in total. The molecule has 1 aromatic carbocycles. The monoisotopic (exact) mass is 302 g/mol. The van der Waals surface area contributed by atoms with E-state index in [0.717, 1.165) is 0 Å². The molecule has 1 aromatic rings. The van der Waals surface area contributed by atoms with Crippen LogP contribution in [0, 0.1) is 0 Å². The van der Waals surface area contributed by atoms with Gasteiger partial charge in [-0.3, -0.25) is 0 Å². The van der Waals surface area contributed by atoms with Crippen LogP contribution in [-0.4, -0.2) is 45.0 Å². The molecule has 0 atom stereocenters. The highest BCUT2D eigenvalue weighted by Gasteiger charge is 2.20. The van der Waals surface area contributed by atoms with Gasteiger partial charge in [0.1, 0.15) is 4.99 Å². The first-order chi connectivity index (χ1) is 8.89. The lowest BCUT2D eigenvalue weighted by Crippen LogP contribution is -2.28. The molecule has 0 aromatic heterocycles. The van der Waals surface area contributed by atoms with Gasteiger partial charge in [-0.05, 0) is 18.6 Å². The molecule has 0 aliphatic heterocycles. The molecule has 0 fully saturated rings. The molecule has 0 aliphatic carbocycles. The number of methoxy groups -OCH3 is 1. The van der Waals surface area contributed by atoms with Gasteiger partial charge in [0.25, 0.3) is 0 Å². The van der Waals surface area contributed by atoms with Crippen LogP contribution in [0.2, 0.25) is 0 Å². The standard InChI is InChI=1S/C12H18N2O3S2/c1-14(7-4-8-17-2)19(15,16)11-6-3-5-10(9-11)12(13)18/h3,5-6,9H,4,7-8H2,1-2H3,(H2,13,18). The van der Waals surface area contributed by atoms with Crippen molar-refractivity contribution in [1.29, 1.82) is 0 Å². The first-order valence-electron chi connectivity index (χ1n) is 5.74. The van der Waals surface area contributed by atoms with Gasteiger partial charge >= 0.3 is 0 Å². The van der Waals surface area contributed by atoms with Gasteiger partial charge in [0.2, 0.25) is 10.0 Å². The third kappa shape index (κ3) is 4.24. The molecular formula is C12H18N2O3S2. The molecule has 1 rings (SSSR count). The fraction of sp³-hybridized carbons (Fsp3) is 0.417. The van der Waals surface area contributed by atoms with Crippen LogP contribution in [0.3, 0.4) is 0 Å². The van der Waals surface area contributed by atoms with Gasteiger partial charge < -0.3 is 10.5 Å². The van der Waals surface area contributed by atoms with Crippen molar-refractivity contribution in [2.45, 2.75) is 11.3 Å². The molecule has 0 radical (unpaired) electrons. The van der Waals surface area contributed by atoms with Crippen molar-refractivity contribution in [1.82, 2.24) is 4.31 Å². The SMILES string of the molecule is COCCCN(C)S(=O)(=O)c1cccc(C(N)=S)c1. The van der Waals surface area contributed by atoms with E-state index < -0.39 is 10.0 Å². The molecule has 0 bridgehead atoms. The normalized spacial score (nSPS) is 11.7. The van der Waals surface area contributed by atoms with E-state index >= 15 is 0 Å². The van der Waals surface area contributed by atoms with Gasteiger partial charge in [0, 0.05) is 32.9 Å². The summed E-state index contributed by atoms with van der Waals surface area (Å²) in [5.74, 6) is 0. The van der Waals surface area contributed by atoms with Crippen molar-refractivity contribution in [3.05, 3.63) is 29.8 Å². The Kier molecular flexibility index (Phi) is 5.86. The molecule has 0 saturated carbocycles. The van der Waals surface area contributed by atoms with Crippen LogP contribution in [0.5, 0.6) is 0 Å². The molecule has 0 amide bonds. The van der Waals surface area contributed by atoms with Gasteiger partial charge in [0.05, 0.1) is 4.90 Å². The van der Waals surface area contributed by atoms with Crippen molar-refractivity contribution in [3.63, 3.8) is 0 Å². The number of hydrogen-bond donors (Lipinski definition) is 1. The minimum Gasteiger partial charge on any atom is -0.389 e. The Morgan fingerprint density at radius 3 is 2.74 bits per heavy atom. The van der Waals surface area contributed by atoms with Crippen molar-refractivity contribution in [2.75, 3.05) is 27.3 Å². The van der Waals surface area contributed by atoms with Gasteiger partial charge in [-0.1, -0.05) is 24.4 Å². The number of benzene rings is 1.